The molecule has 7 nitrogen and oxygen atoms in total. The number of rotatable bonds is 8. The van der Waals surface area contributed by atoms with Gasteiger partial charge in [-0.25, -0.2) is 9.79 Å². The fourth-order valence-electron chi connectivity index (χ4n) is 3.97. The Hall–Kier alpha value is -4.82. The number of nitrogens with zero attached hydrogens (tertiary/aromatic N) is 2. The van der Waals surface area contributed by atoms with Crippen LogP contribution >= 0.6 is 11.8 Å². The fourth-order valence-corrected chi connectivity index (χ4v) is 4.97. The van der Waals surface area contributed by atoms with Crippen LogP contribution < -0.4 is 14.4 Å². The van der Waals surface area contributed by atoms with Crippen molar-refractivity contribution < 1.29 is 24.2 Å². The first-order valence-electron chi connectivity index (χ1n) is 12.1. The van der Waals surface area contributed by atoms with E-state index in [1.165, 1.54) is 17.8 Å². The monoisotopic (exact) mass is 536 g/mol. The minimum absolute atomic E-state index is 0.168. The van der Waals surface area contributed by atoms with E-state index in [9.17, 15) is 14.7 Å². The number of carbonyl (C=O) groups is 2. The number of aliphatic imine (C=N–C) groups is 1. The third-order valence-corrected chi connectivity index (χ3v) is 6.82. The van der Waals surface area contributed by atoms with E-state index in [1.54, 1.807) is 48.4 Å². The highest BCUT2D eigenvalue weighted by Crippen LogP contribution is 2.38. The van der Waals surface area contributed by atoms with Crippen molar-refractivity contribution >= 4 is 46.3 Å². The summed E-state index contributed by atoms with van der Waals surface area (Å²) < 4.78 is 11.5. The standard InChI is InChI=1S/C31H24N2O5S/c1-37-27-18-21(15-16-26(27)38-20-22-9-8-10-23(17-22)30(35)36)19-28-29(34)33(25-13-6-3-7-14-25)31(39-28)32-24-11-4-2-5-12-24/h2-19H,20H2,1H3,(H,35,36)/b28-19+,32-31?. The van der Waals surface area contributed by atoms with Crippen LogP contribution in [0.5, 0.6) is 11.5 Å². The van der Waals surface area contributed by atoms with Crippen LogP contribution in [0.2, 0.25) is 0 Å². The van der Waals surface area contributed by atoms with Crippen LogP contribution in [0.25, 0.3) is 6.08 Å². The zero-order valence-corrected chi connectivity index (χ0v) is 21.8. The Bertz CT molecular complexity index is 1570. The first-order chi connectivity index (χ1) is 19.0. The molecule has 0 bridgehead atoms. The second-order valence-electron chi connectivity index (χ2n) is 8.52. The molecule has 1 aliphatic heterocycles. The summed E-state index contributed by atoms with van der Waals surface area (Å²) in [6.45, 7) is 0.178. The van der Waals surface area contributed by atoms with E-state index < -0.39 is 5.97 Å². The van der Waals surface area contributed by atoms with Gasteiger partial charge in [0.2, 0.25) is 0 Å². The number of amidine groups is 1. The lowest BCUT2D eigenvalue weighted by atomic mass is 10.1. The molecule has 194 valence electrons. The van der Waals surface area contributed by atoms with Gasteiger partial charge in [0, 0.05) is 0 Å². The largest absolute Gasteiger partial charge is 0.493 e. The molecule has 0 aliphatic carbocycles. The van der Waals surface area contributed by atoms with Crippen LogP contribution in [0, 0.1) is 0 Å². The number of carboxylic acids is 1. The number of carbonyl (C=O) groups excluding carboxylic acids is 1. The number of amides is 1. The summed E-state index contributed by atoms with van der Waals surface area (Å²) in [5, 5.41) is 9.78. The number of hydrogen-bond acceptors (Lipinski definition) is 6. The summed E-state index contributed by atoms with van der Waals surface area (Å²) in [6, 6.07) is 30.9. The molecule has 1 N–H and O–H groups in total. The smallest absolute Gasteiger partial charge is 0.335 e. The van der Waals surface area contributed by atoms with Crippen LogP contribution in [-0.4, -0.2) is 29.3 Å². The maximum atomic E-state index is 13.5. The lowest BCUT2D eigenvalue weighted by Crippen LogP contribution is -2.28. The van der Waals surface area contributed by atoms with Gasteiger partial charge in [-0.2, -0.15) is 0 Å². The maximum absolute atomic E-state index is 13.5. The molecule has 1 fully saturated rings. The molecule has 8 heteroatoms. The van der Waals surface area contributed by atoms with Crippen molar-refractivity contribution in [3.05, 3.63) is 125 Å². The van der Waals surface area contributed by atoms with Gasteiger partial charge in [0.15, 0.2) is 16.7 Å². The Morgan fingerprint density at radius 1 is 0.923 bits per heavy atom. The Balaban J connectivity index is 1.40. The number of ether oxygens (including phenoxy) is 2. The highest BCUT2D eigenvalue weighted by atomic mass is 32.2. The van der Waals surface area contributed by atoms with Crippen molar-refractivity contribution in [1.29, 1.82) is 0 Å². The minimum atomic E-state index is -0.992. The van der Waals surface area contributed by atoms with E-state index >= 15 is 0 Å². The molecular weight excluding hydrogens is 512 g/mol. The quantitative estimate of drug-likeness (QED) is 0.250. The van der Waals surface area contributed by atoms with Crippen molar-refractivity contribution in [2.24, 2.45) is 4.99 Å². The van der Waals surface area contributed by atoms with Gasteiger partial charge < -0.3 is 14.6 Å². The van der Waals surface area contributed by atoms with E-state index in [0.717, 1.165) is 22.5 Å². The molecule has 1 heterocycles. The molecule has 0 saturated carbocycles. The molecule has 4 aromatic carbocycles. The summed E-state index contributed by atoms with van der Waals surface area (Å²) in [6.07, 6.45) is 1.80. The first kappa shape index (κ1) is 25.8. The predicted molar refractivity (Wildman–Crippen MR) is 154 cm³/mol. The Morgan fingerprint density at radius 2 is 1.67 bits per heavy atom. The van der Waals surface area contributed by atoms with E-state index in [-0.39, 0.29) is 18.1 Å². The highest BCUT2D eigenvalue weighted by Gasteiger charge is 2.34. The van der Waals surface area contributed by atoms with Gasteiger partial charge in [0.1, 0.15) is 6.61 Å². The molecule has 0 radical (unpaired) electrons. The third kappa shape index (κ3) is 6.02. The zero-order valence-electron chi connectivity index (χ0n) is 21.0. The van der Waals surface area contributed by atoms with E-state index in [1.807, 2.05) is 66.7 Å². The molecule has 4 aromatic rings. The van der Waals surface area contributed by atoms with Crippen LogP contribution in [0.3, 0.4) is 0 Å². The van der Waals surface area contributed by atoms with Crippen molar-refractivity contribution in [2.45, 2.75) is 6.61 Å². The summed E-state index contributed by atoms with van der Waals surface area (Å²) in [7, 11) is 1.54. The van der Waals surface area contributed by atoms with E-state index in [2.05, 4.69) is 0 Å². The van der Waals surface area contributed by atoms with Crippen LogP contribution in [0.1, 0.15) is 21.5 Å². The van der Waals surface area contributed by atoms with Gasteiger partial charge in [-0.05, 0) is 77.5 Å². The Morgan fingerprint density at radius 3 is 2.38 bits per heavy atom. The molecule has 39 heavy (non-hydrogen) atoms. The Kier molecular flexibility index (Phi) is 7.75. The molecule has 0 unspecified atom stereocenters. The number of benzene rings is 4. The molecule has 0 spiro atoms. The van der Waals surface area contributed by atoms with Gasteiger partial charge >= 0.3 is 5.97 Å². The maximum Gasteiger partial charge on any atom is 0.335 e. The highest BCUT2D eigenvalue weighted by molar-refractivity contribution is 8.19. The summed E-state index contributed by atoms with van der Waals surface area (Å²) in [5.41, 5.74) is 3.18. The SMILES string of the molecule is COc1cc(/C=C2/SC(=Nc3ccccc3)N(c3ccccc3)C2=O)ccc1OCc1cccc(C(=O)O)c1. The molecule has 0 aromatic heterocycles. The lowest BCUT2D eigenvalue weighted by Gasteiger charge is -2.15. The van der Waals surface area contributed by atoms with Gasteiger partial charge in [0.05, 0.1) is 29.0 Å². The Labute approximate surface area is 230 Å². The van der Waals surface area contributed by atoms with E-state index in [4.69, 9.17) is 14.5 Å². The summed E-state index contributed by atoms with van der Waals surface area (Å²) in [5.74, 6) is -0.164. The molecular formula is C31H24N2O5S. The lowest BCUT2D eigenvalue weighted by molar-refractivity contribution is -0.113. The zero-order chi connectivity index (χ0) is 27.2. The fraction of sp³-hybridized carbons (Fsp3) is 0.0645. The molecule has 1 aliphatic rings. The van der Waals surface area contributed by atoms with Crippen molar-refractivity contribution in [3.63, 3.8) is 0 Å². The number of para-hydroxylation sites is 2. The molecule has 0 atom stereocenters. The van der Waals surface area contributed by atoms with Crippen LogP contribution in [-0.2, 0) is 11.4 Å². The summed E-state index contributed by atoms with van der Waals surface area (Å²) >= 11 is 1.31. The normalized spacial score (nSPS) is 15.1. The average Bonchev–Trinajstić information content (AvgIpc) is 3.27. The second-order valence-corrected chi connectivity index (χ2v) is 9.53. The van der Waals surface area contributed by atoms with Crippen LogP contribution in [0.15, 0.2) is 113 Å². The molecule has 1 amide bonds. The van der Waals surface area contributed by atoms with Gasteiger partial charge in [0.25, 0.3) is 5.91 Å². The van der Waals surface area contributed by atoms with Gasteiger partial charge in [-0.3, -0.25) is 9.69 Å². The number of hydrogen-bond donors (Lipinski definition) is 1. The number of aromatic carboxylic acids is 1. The summed E-state index contributed by atoms with van der Waals surface area (Å²) in [4.78, 5) is 31.6. The topological polar surface area (TPSA) is 88.4 Å². The van der Waals surface area contributed by atoms with Crippen molar-refractivity contribution in [1.82, 2.24) is 0 Å². The molecule has 1 saturated heterocycles. The van der Waals surface area contributed by atoms with Gasteiger partial charge in [-0.15, -0.1) is 0 Å². The van der Waals surface area contributed by atoms with Crippen molar-refractivity contribution in [2.75, 3.05) is 12.0 Å². The minimum Gasteiger partial charge on any atom is -0.493 e. The number of anilines is 1. The molecule has 5 rings (SSSR count). The van der Waals surface area contributed by atoms with Gasteiger partial charge in [-0.1, -0.05) is 54.6 Å². The first-order valence-corrected chi connectivity index (χ1v) is 12.9. The third-order valence-electron chi connectivity index (χ3n) is 5.86. The number of methoxy groups -OCH3 is 1. The predicted octanol–water partition coefficient (Wildman–Crippen LogP) is 6.78. The second kappa shape index (κ2) is 11.7. The van der Waals surface area contributed by atoms with Crippen molar-refractivity contribution in [3.8, 4) is 11.5 Å². The number of thioether (sulfide) groups is 1. The van der Waals surface area contributed by atoms with Crippen LogP contribution in [0.4, 0.5) is 11.4 Å². The average molecular weight is 537 g/mol. The number of carboxylic acid groups (broad SMARTS) is 1. The van der Waals surface area contributed by atoms with E-state index in [0.29, 0.717) is 21.6 Å².